The fourth-order valence-corrected chi connectivity index (χ4v) is 9.18. The summed E-state index contributed by atoms with van der Waals surface area (Å²) in [4.78, 5) is 0. The Kier molecular flexibility index (Phi) is 10.8. The zero-order valence-corrected chi connectivity index (χ0v) is 24.1. The summed E-state index contributed by atoms with van der Waals surface area (Å²) in [5.74, 6) is 4.81. The Labute approximate surface area is 232 Å². The highest BCUT2D eigenvalue weighted by Gasteiger charge is 2.56. The van der Waals surface area contributed by atoms with Gasteiger partial charge in [-0.25, -0.2) is 0 Å². The van der Waals surface area contributed by atoms with Crippen LogP contribution >= 0.6 is 11.8 Å². The van der Waals surface area contributed by atoms with E-state index in [1.54, 1.807) is 11.8 Å². The molecule has 6 atom stereocenters. The molecule has 1 aromatic rings. The Balaban J connectivity index is 1.15. The average molecular weight is 555 g/mol. The maximum Gasteiger partial charge on any atom is 0.389 e. The lowest BCUT2D eigenvalue weighted by Gasteiger charge is -2.53. The van der Waals surface area contributed by atoms with E-state index in [9.17, 15) is 23.4 Å². The van der Waals surface area contributed by atoms with Gasteiger partial charge in [-0.3, -0.25) is 0 Å². The largest absolute Gasteiger partial charge is 0.508 e. The number of halogens is 3. The fraction of sp³-hybridized carbons (Fsp3) is 0.812. The number of hydrogen-bond acceptors (Lipinski definition) is 3. The fourth-order valence-electron chi connectivity index (χ4n) is 8.16. The molecule has 216 valence electrons. The van der Waals surface area contributed by atoms with Gasteiger partial charge in [0.1, 0.15) is 5.75 Å². The van der Waals surface area contributed by atoms with Gasteiger partial charge in [0.15, 0.2) is 0 Å². The number of fused-ring (bicyclic) bond motifs is 5. The lowest BCUT2D eigenvalue weighted by Crippen LogP contribution is -2.47. The SMILES string of the molecule is CC12CCC3c4ccc(O)cc4CC(CCCCCCCCCSCCCCC(F)(F)F)C3C1CCC2O. The smallest absolute Gasteiger partial charge is 0.389 e. The summed E-state index contributed by atoms with van der Waals surface area (Å²) in [6.07, 6.45) is 11.6. The van der Waals surface area contributed by atoms with Crippen molar-refractivity contribution in [2.75, 3.05) is 11.5 Å². The lowest BCUT2D eigenvalue weighted by molar-refractivity contribution is -0.135. The van der Waals surface area contributed by atoms with E-state index >= 15 is 0 Å². The number of benzene rings is 1. The molecule has 0 radical (unpaired) electrons. The predicted octanol–water partition coefficient (Wildman–Crippen LogP) is 9.42. The molecule has 3 aliphatic rings. The Morgan fingerprint density at radius 2 is 1.61 bits per heavy atom. The number of alkyl halides is 3. The maximum absolute atomic E-state index is 12.2. The molecule has 38 heavy (non-hydrogen) atoms. The van der Waals surface area contributed by atoms with E-state index in [-0.39, 0.29) is 17.9 Å². The normalized spacial score (nSPS) is 30.6. The van der Waals surface area contributed by atoms with Gasteiger partial charge < -0.3 is 10.2 Å². The van der Waals surface area contributed by atoms with Crippen LogP contribution in [0.15, 0.2) is 18.2 Å². The summed E-state index contributed by atoms with van der Waals surface area (Å²) < 4.78 is 36.5. The van der Waals surface area contributed by atoms with Gasteiger partial charge in [0, 0.05) is 6.42 Å². The number of phenols is 1. The van der Waals surface area contributed by atoms with Crippen LogP contribution in [0.4, 0.5) is 13.2 Å². The number of phenolic OH excluding ortho intramolecular Hbond substituents is 1. The number of aliphatic hydroxyl groups excluding tert-OH is 1. The molecule has 0 aliphatic heterocycles. The van der Waals surface area contributed by atoms with Crippen molar-refractivity contribution in [1.82, 2.24) is 0 Å². The van der Waals surface area contributed by atoms with Crippen molar-refractivity contribution in [2.24, 2.45) is 23.2 Å². The third-order valence-electron chi connectivity index (χ3n) is 10.2. The molecule has 2 N–H and O–H groups in total. The van der Waals surface area contributed by atoms with Crippen LogP contribution < -0.4 is 0 Å². The Morgan fingerprint density at radius 3 is 2.34 bits per heavy atom. The quantitative estimate of drug-likeness (QED) is 0.225. The van der Waals surface area contributed by atoms with Crippen LogP contribution in [-0.2, 0) is 6.42 Å². The molecule has 2 fully saturated rings. The van der Waals surface area contributed by atoms with Crippen LogP contribution in [0.2, 0.25) is 0 Å². The monoisotopic (exact) mass is 554 g/mol. The third-order valence-corrected chi connectivity index (χ3v) is 11.4. The van der Waals surface area contributed by atoms with Gasteiger partial charge in [-0.05, 0) is 122 Å². The predicted molar refractivity (Wildman–Crippen MR) is 152 cm³/mol. The van der Waals surface area contributed by atoms with E-state index in [1.807, 2.05) is 12.1 Å². The second-order valence-electron chi connectivity index (χ2n) is 12.7. The molecule has 0 bridgehead atoms. The van der Waals surface area contributed by atoms with Gasteiger partial charge >= 0.3 is 6.18 Å². The standard InChI is InChI=1S/C32H49F3O2S/c1-31-18-16-27-26-13-12-25(36)22-24(26)21-23(30(27)28(31)14-15-29(31)37)11-7-5-3-2-4-6-9-19-38-20-10-8-17-32(33,34)35/h12-13,22-23,27-30,36-37H,2-11,14-21H2,1H3. The number of rotatable bonds is 14. The van der Waals surface area contributed by atoms with Gasteiger partial charge in [0.25, 0.3) is 0 Å². The molecule has 0 spiro atoms. The molecular formula is C32H49F3O2S. The second-order valence-corrected chi connectivity index (χ2v) is 13.9. The Morgan fingerprint density at radius 1 is 0.921 bits per heavy atom. The van der Waals surface area contributed by atoms with Crippen LogP contribution in [0.3, 0.4) is 0 Å². The number of aliphatic hydroxyl groups is 1. The molecule has 0 amide bonds. The number of hydrogen-bond donors (Lipinski definition) is 2. The minimum absolute atomic E-state index is 0.0786. The van der Waals surface area contributed by atoms with Gasteiger partial charge in [-0.2, -0.15) is 24.9 Å². The molecule has 6 unspecified atom stereocenters. The van der Waals surface area contributed by atoms with Crippen molar-refractivity contribution in [3.05, 3.63) is 29.3 Å². The lowest BCUT2D eigenvalue weighted by atomic mass is 9.52. The summed E-state index contributed by atoms with van der Waals surface area (Å²) in [7, 11) is 0. The van der Waals surface area contributed by atoms with E-state index in [4.69, 9.17) is 0 Å². The molecule has 6 heteroatoms. The number of aromatic hydroxyl groups is 1. The highest BCUT2D eigenvalue weighted by Crippen LogP contribution is 2.62. The van der Waals surface area contributed by atoms with Crippen LogP contribution in [0.25, 0.3) is 0 Å². The molecule has 0 heterocycles. The first-order valence-corrected chi connectivity index (χ1v) is 16.5. The van der Waals surface area contributed by atoms with Crippen molar-refractivity contribution in [3.63, 3.8) is 0 Å². The molecule has 0 aromatic heterocycles. The first-order valence-electron chi connectivity index (χ1n) is 15.3. The summed E-state index contributed by atoms with van der Waals surface area (Å²) in [6, 6.07) is 6.06. The minimum Gasteiger partial charge on any atom is -0.508 e. The van der Waals surface area contributed by atoms with E-state index < -0.39 is 12.6 Å². The molecule has 2 saturated carbocycles. The van der Waals surface area contributed by atoms with E-state index in [2.05, 4.69) is 13.0 Å². The Bertz CT molecular complexity index is 875. The van der Waals surface area contributed by atoms with Gasteiger partial charge in [-0.1, -0.05) is 51.5 Å². The van der Waals surface area contributed by atoms with Crippen molar-refractivity contribution in [3.8, 4) is 5.75 Å². The highest BCUT2D eigenvalue weighted by molar-refractivity contribution is 7.99. The van der Waals surface area contributed by atoms with Crippen molar-refractivity contribution < 1.29 is 23.4 Å². The van der Waals surface area contributed by atoms with Crippen molar-refractivity contribution in [1.29, 1.82) is 0 Å². The summed E-state index contributed by atoms with van der Waals surface area (Å²) in [5, 5.41) is 21.0. The van der Waals surface area contributed by atoms with Crippen LogP contribution in [0.1, 0.15) is 120 Å². The van der Waals surface area contributed by atoms with E-state index in [0.717, 1.165) is 43.6 Å². The van der Waals surface area contributed by atoms with Crippen LogP contribution in [0.5, 0.6) is 5.75 Å². The first kappa shape index (κ1) is 30.1. The molecule has 3 aliphatic carbocycles. The molecule has 4 rings (SSSR count). The second kappa shape index (κ2) is 13.7. The molecule has 0 saturated heterocycles. The maximum atomic E-state index is 12.2. The number of thioether (sulfide) groups is 1. The zero-order valence-electron chi connectivity index (χ0n) is 23.3. The minimum atomic E-state index is -4.00. The molecular weight excluding hydrogens is 505 g/mol. The first-order chi connectivity index (χ1) is 18.2. The number of unbranched alkanes of at least 4 members (excludes halogenated alkanes) is 7. The molecule has 2 nitrogen and oxygen atoms in total. The van der Waals surface area contributed by atoms with Crippen LogP contribution in [-0.4, -0.2) is 34.0 Å². The van der Waals surface area contributed by atoms with Gasteiger partial charge in [0.05, 0.1) is 6.10 Å². The molecule has 1 aromatic carbocycles. The van der Waals surface area contributed by atoms with Crippen molar-refractivity contribution in [2.45, 2.75) is 128 Å². The van der Waals surface area contributed by atoms with Gasteiger partial charge in [-0.15, -0.1) is 0 Å². The summed E-state index contributed by atoms with van der Waals surface area (Å²) in [6.45, 7) is 2.35. The average Bonchev–Trinajstić information content (AvgIpc) is 3.17. The van der Waals surface area contributed by atoms with Gasteiger partial charge in [0.2, 0.25) is 0 Å². The van der Waals surface area contributed by atoms with Crippen LogP contribution in [0, 0.1) is 23.2 Å². The van der Waals surface area contributed by atoms with E-state index in [0.29, 0.717) is 35.8 Å². The summed E-state index contributed by atoms with van der Waals surface area (Å²) in [5.41, 5.74) is 2.90. The van der Waals surface area contributed by atoms with Crippen molar-refractivity contribution >= 4 is 11.8 Å². The summed E-state index contributed by atoms with van der Waals surface area (Å²) >= 11 is 1.80. The zero-order chi connectivity index (χ0) is 27.2. The third kappa shape index (κ3) is 7.65. The topological polar surface area (TPSA) is 40.5 Å². The Hall–Kier alpha value is -0.880. The van der Waals surface area contributed by atoms with E-state index in [1.165, 1.54) is 62.5 Å². The highest BCUT2D eigenvalue weighted by atomic mass is 32.2.